The lowest BCUT2D eigenvalue weighted by Gasteiger charge is -2.31. The van der Waals surface area contributed by atoms with Gasteiger partial charge < -0.3 is 10.1 Å². The van der Waals surface area contributed by atoms with Crippen LogP contribution in [0.3, 0.4) is 0 Å². The van der Waals surface area contributed by atoms with Gasteiger partial charge >= 0.3 is 12.1 Å². The molecule has 1 atom stereocenters. The molecule has 1 saturated heterocycles. The summed E-state index contributed by atoms with van der Waals surface area (Å²) in [5.41, 5.74) is -1.23. The predicted molar refractivity (Wildman–Crippen MR) is 111 cm³/mol. The van der Waals surface area contributed by atoms with Crippen LogP contribution in [0.15, 0.2) is 23.1 Å². The average molecular weight is 499 g/mol. The Morgan fingerprint density at radius 3 is 2.34 bits per heavy atom. The number of carbonyl (C=O) groups excluding carboxylic acids is 2. The Labute approximate surface area is 190 Å². The van der Waals surface area contributed by atoms with Gasteiger partial charge in [-0.05, 0) is 43.4 Å². The van der Waals surface area contributed by atoms with Crippen molar-refractivity contribution in [2.24, 2.45) is 11.8 Å². The third kappa shape index (κ3) is 6.35. The number of nitrogens with zero attached hydrogens (tertiary/aromatic N) is 1. The number of ether oxygens (including phenoxy) is 1. The van der Waals surface area contributed by atoms with Crippen molar-refractivity contribution in [1.29, 1.82) is 0 Å². The largest absolute Gasteiger partial charge is 0.467 e. The van der Waals surface area contributed by atoms with E-state index < -0.39 is 49.6 Å². The van der Waals surface area contributed by atoms with E-state index in [1.165, 1.54) is 7.11 Å². The van der Waals surface area contributed by atoms with Crippen molar-refractivity contribution in [3.8, 4) is 0 Å². The lowest BCUT2D eigenvalue weighted by Crippen LogP contribution is -2.48. The van der Waals surface area contributed by atoms with E-state index in [2.05, 4.69) is 5.32 Å². The van der Waals surface area contributed by atoms with Crippen molar-refractivity contribution in [2.75, 3.05) is 20.2 Å². The van der Waals surface area contributed by atoms with Gasteiger partial charge in [0.25, 0.3) is 0 Å². The fraction of sp³-hybridized carbons (Fsp3) is 0.600. The molecular formula is C20H26ClF3N2O5S. The zero-order chi connectivity index (χ0) is 24.3. The van der Waals surface area contributed by atoms with Crippen molar-refractivity contribution >= 4 is 33.5 Å². The fourth-order valence-corrected chi connectivity index (χ4v) is 5.23. The molecule has 1 aromatic carbocycles. The number of esters is 1. The normalized spacial score (nSPS) is 17.2. The van der Waals surface area contributed by atoms with Crippen LogP contribution in [0, 0.1) is 11.8 Å². The Balaban J connectivity index is 2.08. The van der Waals surface area contributed by atoms with E-state index in [0.717, 1.165) is 16.4 Å². The van der Waals surface area contributed by atoms with E-state index >= 15 is 0 Å². The number of sulfonamides is 1. The molecule has 0 unspecified atom stereocenters. The summed E-state index contributed by atoms with van der Waals surface area (Å²) in [6.45, 7) is 3.70. The monoisotopic (exact) mass is 498 g/mol. The summed E-state index contributed by atoms with van der Waals surface area (Å²) in [6, 6.07) is 1.64. The van der Waals surface area contributed by atoms with E-state index in [-0.39, 0.29) is 37.8 Å². The molecule has 1 amide bonds. The number of carbonyl (C=O) groups is 2. The first-order valence-electron chi connectivity index (χ1n) is 10.0. The Morgan fingerprint density at radius 1 is 1.25 bits per heavy atom. The second kappa shape index (κ2) is 10.4. The minimum absolute atomic E-state index is 0.0442. The number of hydrogen-bond acceptors (Lipinski definition) is 5. The van der Waals surface area contributed by atoms with Gasteiger partial charge in [0.05, 0.1) is 22.6 Å². The fourth-order valence-electron chi connectivity index (χ4n) is 3.51. The quantitative estimate of drug-likeness (QED) is 0.581. The summed E-state index contributed by atoms with van der Waals surface area (Å²) in [5, 5.41) is 2.07. The number of rotatable bonds is 7. The van der Waals surface area contributed by atoms with Gasteiger partial charge in [0.1, 0.15) is 6.04 Å². The molecule has 1 heterocycles. The van der Waals surface area contributed by atoms with E-state index in [9.17, 15) is 31.2 Å². The average Bonchev–Trinajstić information content (AvgIpc) is 2.71. The predicted octanol–water partition coefficient (Wildman–Crippen LogP) is 3.46. The molecule has 0 saturated carbocycles. The summed E-state index contributed by atoms with van der Waals surface area (Å²) in [6.07, 6.45) is -4.07. The van der Waals surface area contributed by atoms with Gasteiger partial charge in [-0.1, -0.05) is 25.4 Å². The minimum atomic E-state index is -4.79. The molecule has 0 spiro atoms. The molecular weight excluding hydrogens is 473 g/mol. The van der Waals surface area contributed by atoms with E-state index in [0.29, 0.717) is 12.5 Å². The molecule has 1 fully saturated rings. The first kappa shape index (κ1) is 26.4. The SMILES string of the molecule is COC(=O)[C@H](CC(C)C)NC(=O)C1CCN(S(=O)(=O)c2ccc(Cl)c(C(F)(F)F)c2)CC1. The van der Waals surface area contributed by atoms with Crippen molar-refractivity contribution in [3.05, 3.63) is 28.8 Å². The van der Waals surface area contributed by atoms with E-state index in [1.807, 2.05) is 13.8 Å². The summed E-state index contributed by atoms with van der Waals surface area (Å²) in [7, 11) is -2.97. The topological polar surface area (TPSA) is 92.8 Å². The summed E-state index contributed by atoms with van der Waals surface area (Å²) < 4.78 is 70.7. The Morgan fingerprint density at radius 2 is 1.84 bits per heavy atom. The van der Waals surface area contributed by atoms with Crippen LogP contribution < -0.4 is 5.32 Å². The first-order valence-corrected chi connectivity index (χ1v) is 11.8. The van der Waals surface area contributed by atoms with E-state index in [1.54, 1.807) is 0 Å². The van der Waals surface area contributed by atoms with Crippen LogP contribution in [0.25, 0.3) is 0 Å². The molecule has 1 aliphatic rings. The van der Waals surface area contributed by atoms with Crippen LogP contribution in [-0.2, 0) is 30.5 Å². The third-order valence-corrected chi connectivity index (χ3v) is 7.44. The van der Waals surface area contributed by atoms with Crippen LogP contribution >= 0.6 is 11.6 Å². The van der Waals surface area contributed by atoms with Gasteiger partial charge in [-0.3, -0.25) is 4.79 Å². The molecule has 12 heteroatoms. The van der Waals surface area contributed by atoms with Crippen LogP contribution in [0.2, 0.25) is 5.02 Å². The first-order chi connectivity index (χ1) is 14.8. The maximum absolute atomic E-state index is 13.1. The molecule has 1 aromatic rings. The number of hydrogen-bond donors (Lipinski definition) is 1. The third-order valence-electron chi connectivity index (χ3n) is 5.22. The molecule has 2 rings (SSSR count). The second-order valence-electron chi connectivity index (χ2n) is 8.03. The highest BCUT2D eigenvalue weighted by molar-refractivity contribution is 7.89. The Bertz CT molecular complexity index is 945. The van der Waals surface area contributed by atoms with Crippen LogP contribution in [0.4, 0.5) is 13.2 Å². The number of nitrogens with one attached hydrogen (secondary N) is 1. The molecule has 180 valence electrons. The summed E-state index contributed by atoms with van der Waals surface area (Å²) >= 11 is 5.57. The van der Waals surface area contributed by atoms with Crippen molar-refractivity contribution in [3.63, 3.8) is 0 Å². The van der Waals surface area contributed by atoms with Crippen molar-refractivity contribution < 1.29 is 35.9 Å². The maximum atomic E-state index is 13.1. The standard InChI is InChI=1S/C20H26ClF3N2O5S/c1-12(2)10-17(19(28)31-3)25-18(27)13-6-8-26(9-7-13)32(29,30)14-4-5-16(21)15(11-14)20(22,23)24/h4-5,11-13,17H,6-10H2,1-3H3,(H,25,27)/t17-/m0/s1. The van der Waals surface area contributed by atoms with Crippen LogP contribution in [0.1, 0.15) is 38.7 Å². The van der Waals surface area contributed by atoms with Gasteiger partial charge in [-0.25, -0.2) is 13.2 Å². The summed E-state index contributed by atoms with van der Waals surface area (Å²) in [4.78, 5) is 24.0. The van der Waals surface area contributed by atoms with E-state index in [4.69, 9.17) is 16.3 Å². The smallest absolute Gasteiger partial charge is 0.417 e. The van der Waals surface area contributed by atoms with Crippen molar-refractivity contribution in [1.82, 2.24) is 9.62 Å². The molecule has 1 N–H and O–H groups in total. The number of methoxy groups -OCH3 is 1. The van der Waals surface area contributed by atoms with Gasteiger partial charge in [-0.15, -0.1) is 0 Å². The zero-order valence-corrected chi connectivity index (χ0v) is 19.5. The van der Waals surface area contributed by atoms with Crippen LogP contribution in [-0.4, -0.2) is 50.8 Å². The lowest BCUT2D eigenvalue weighted by molar-refractivity contribution is -0.146. The molecule has 0 aliphatic carbocycles. The number of halogens is 4. The highest BCUT2D eigenvalue weighted by Gasteiger charge is 2.37. The molecule has 0 aromatic heterocycles. The van der Waals surface area contributed by atoms with Crippen molar-refractivity contribution in [2.45, 2.75) is 50.2 Å². The highest BCUT2D eigenvalue weighted by Crippen LogP contribution is 2.36. The highest BCUT2D eigenvalue weighted by atomic mass is 35.5. The lowest BCUT2D eigenvalue weighted by atomic mass is 9.96. The molecule has 1 aliphatic heterocycles. The van der Waals surface area contributed by atoms with Gasteiger partial charge in [0.15, 0.2) is 0 Å². The zero-order valence-electron chi connectivity index (χ0n) is 17.9. The maximum Gasteiger partial charge on any atom is 0.417 e. The molecule has 7 nitrogen and oxygen atoms in total. The number of alkyl halides is 3. The Hall–Kier alpha value is -1.85. The van der Waals surface area contributed by atoms with Gasteiger partial charge in [0.2, 0.25) is 15.9 Å². The minimum Gasteiger partial charge on any atom is -0.467 e. The van der Waals surface area contributed by atoms with Gasteiger partial charge in [-0.2, -0.15) is 17.5 Å². The Kier molecular flexibility index (Phi) is 8.57. The molecule has 32 heavy (non-hydrogen) atoms. The summed E-state index contributed by atoms with van der Waals surface area (Å²) in [5.74, 6) is -1.34. The van der Waals surface area contributed by atoms with Gasteiger partial charge in [0, 0.05) is 19.0 Å². The molecule has 0 bridgehead atoms. The number of piperidine rings is 1. The molecule has 0 radical (unpaired) electrons. The number of benzene rings is 1. The number of amides is 1. The second-order valence-corrected chi connectivity index (χ2v) is 10.4. The van der Waals surface area contributed by atoms with Crippen LogP contribution in [0.5, 0.6) is 0 Å².